The summed E-state index contributed by atoms with van der Waals surface area (Å²) in [5.41, 5.74) is 0. The Hall–Kier alpha value is -0.360. The predicted molar refractivity (Wildman–Crippen MR) is 215 cm³/mol. The van der Waals surface area contributed by atoms with E-state index in [9.17, 15) is 0 Å². The molecule has 0 radical (unpaired) electrons. The molecule has 0 amide bonds. The summed E-state index contributed by atoms with van der Waals surface area (Å²) in [6, 6.07) is 0. The Bertz CT molecular complexity index is 549. The van der Waals surface area contributed by atoms with E-state index in [1.54, 1.807) is 0 Å². The third kappa shape index (κ3) is 49.6. The van der Waals surface area contributed by atoms with Crippen LogP contribution in [0.3, 0.4) is 0 Å². The lowest BCUT2D eigenvalue weighted by molar-refractivity contribution is -0.0250. The van der Waals surface area contributed by atoms with Crippen LogP contribution in [0.25, 0.3) is 0 Å². The van der Waals surface area contributed by atoms with Gasteiger partial charge < -0.3 is 42.6 Å². The Morgan fingerprint density at radius 2 is 0.288 bits per heavy atom. The Morgan fingerprint density at radius 1 is 0.154 bits per heavy atom. The van der Waals surface area contributed by atoms with Crippen LogP contribution in [0.1, 0.15) is 162 Å². The van der Waals surface area contributed by atoms with E-state index in [2.05, 4.69) is 13.8 Å². The van der Waals surface area contributed by atoms with Crippen molar-refractivity contribution < 1.29 is 42.6 Å². The molecule has 0 aliphatic rings. The molecule has 52 heavy (non-hydrogen) atoms. The lowest BCUT2D eigenvalue weighted by atomic mass is 10.0. The molecule has 0 bridgehead atoms. The van der Waals surface area contributed by atoms with Crippen LogP contribution in [-0.4, -0.2) is 119 Å². The maximum atomic E-state index is 5.68. The summed E-state index contributed by atoms with van der Waals surface area (Å²) in [7, 11) is 0. The van der Waals surface area contributed by atoms with E-state index in [-0.39, 0.29) is 0 Å². The van der Waals surface area contributed by atoms with E-state index < -0.39 is 0 Å². The van der Waals surface area contributed by atoms with Crippen molar-refractivity contribution in [2.24, 2.45) is 0 Å². The highest BCUT2D eigenvalue weighted by Gasteiger charge is 1.98. The van der Waals surface area contributed by atoms with Crippen LogP contribution in [0.2, 0.25) is 0 Å². The van der Waals surface area contributed by atoms with Gasteiger partial charge in [0.15, 0.2) is 0 Å². The minimum Gasteiger partial charge on any atom is -0.379 e. The Kier molecular flexibility index (Phi) is 50.3. The zero-order chi connectivity index (χ0) is 37.4. The zero-order valence-corrected chi connectivity index (χ0v) is 34.7. The Balaban J connectivity index is 3.04. The van der Waals surface area contributed by atoms with Gasteiger partial charge in [-0.1, -0.05) is 149 Å². The van der Waals surface area contributed by atoms with E-state index in [4.69, 9.17) is 42.6 Å². The van der Waals surface area contributed by atoms with Gasteiger partial charge in [0.05, 0.1) is 106 Å². The van der Waals surface area contributed by atoms with Crippen LogP contribution in [0, 0.1) is 0 Å². The number of rotatable bonds is 49. The smallest absolute Gasteiger partial charge is 0.0701 e. The summed E-state index contributed by atoms with van der Waals surface area (Å²) in [5.74, 6) is 0. The second-order valence-corrected chi connectivity index (χ2v) is 13.9. The van der Waals surface area contributed by atoms with Gasteiger partial charge in [-0.3, -0.25) is 0 Å². The number of hydrogen-bond acceptors (Lipinski definition) is 9. The number of hydrogen-bond donors (Lipinski definition) is 0. The lowest BCUT2D eigenvalue weighted by Crippen LogP contribution is -2.15. The SMILES string of the molecule is CCCCCCCCCCCCCCCOCCOCCOCCOCCOCCOCCOCCOCCOCCCCCCCCCCCC. The second-order valence-electron chi connectivity index (χ2n) is 13.9. The van der Waals surface area contributed by atoms with Crippen molar-refractivity contribution in [3.63, 3.8) is 0 Å². The van der Waals surface area contributed by atoms with Crippen molar-refractivity contribution >= 4 is 0 Å². The van der Waals surface area contributed by atoms with Crippen molar-refractivity contribution in [3.05, 3.63) is 0 Å². The molecular weight excluding hydrogens is 660 g/mol. The monoisotopic (exact) mass is 749 g/mol. The molecule has 0 saturated carbocycles. The third-order valence-electron chi connectivity index (χ3n) is 9.01. The fourth-order valence-corrected chi connectivity index (χ4v) is 5.77. The fourth-order valence-electron chi connectivity index (χ4n) is 5.77. The summed E-state index contributed by atoms with van der Waals surface area (Å²) >= 11 is 0. The first-order valence-electron chi connectivity index (χ1n) is 22.1. The van der Waals surface area contributed by atoms with Gasteiger partial charge in [0, 0.05) is 13.2 Å². The lowest BCUT2D eigenvalue weighted by Gasteiger charge is -2.09. The Labute approximate surface area is 322 Å². The summed E-state index contributed by atoms with van der Waals surface area (Å²) < 4.78 is 50.2. The van der Waals surface area contributed by atoms with E-state index in [0.29, 0.717) is 106 Å². The van der Waals surface area contributed by atoms with E-state index >= 15 is 0 Å². The van der Waals surface area contributed by atoms with Crippen LogP contribution in [-0.2, 0) is 42.6 Å². The standard InChI is InChI=1S/C43H88O9/c1-3-5-7-9-11-13-15-16-17-19-21-23-25-27-45-29-31-47-33-35-49-37-39-51-41-43-52-42-40-50-38-36-48-34-32-46-30-28-44-26-24-22-20-18-14-12-10-8-6-4-2/h3-43H2,1-2H3. The predicted octanol–water partition coefficient (Wildman–Crippen LogP) is 10.1. The van der Waals surface area contributed by atoms with Crippen molar-refractivity contribution in [2.45, 2.75) is 162 Å². The van der Waals surface area contributed by atoms with Gasteiger partial charge in [-0.25, -0.2) is 0 Å². The second kappa shape index (κ2) is 50.6. The average molecular weight is 749 g/mol. The minimum absolute atomic E-state index is 0.544. The van der Waals surface area contributed by atoms with Gasteiger partial charge in [-0.2, -0.15) is 0 Å². The molecule has 314 valence electrons. The molecule has 0 aromatic heterocycles. The molecule has 9 heteroatoms. The summed E-state index contributed by atoms with van der Waals surface area (Å²) in [6.07, 6.45) is 31.3. The average Bonchev–Trinajstić information content (AvgIpc) is 3.16. The van der Waals surface area contributed by atoms with Gasteiger partial charge in [-0.15, -0.1) is 0 Å². The van der Waals surface area contributed by atoms with Crippen LogP contribution in [0.4, 0.5) is 0 Å². The summed E-state index contributed by atoms with van der Waals surface area (Å²) in [4.78, 5) is 0. The van der Waals surface area contributed by atoms with Crippen LogP contribution < -0.4 is 0 Å². The highest BCUT2D eigenvalue weighted by atomic mass is 16.6. The molecule has 0 N–H and O–H groups in total. The Morgan fingerprint density at radius 3 is 0.462 bits per heavy atom. The molecule has 0 saturated heterocycles. The quantitative estimate of drug-likeness (QED) is 0.0565. The van der Waals surface area contributed by atoms with Gasteiger partial charge >= 0.3 is 0 Å². The molecule has 0 unspecified atom stereocenters. The summed E-state index contributed by atoms with van der Waals surface area (Å²) in [5, 5.41) is 0. The van der Waals surface area contributed by atoms with Crippen molar-refractivity contribution in [1.82, 2.24) is 0 Å². The normalized spacial score (nSPS) is 11.7. The minimum atomic E-state index is 0.544. The third-order valence-corrected chi connectivity index (χ3v) is 9.01. The van der Waals surface area contributed by atoms with Crippen LogP contribution in [0.15, 0.2) is 0 Å². The van der Waals surface area contributed by atoms with Crippen molar-refractivity contribution in [1.29, 1.82) is 0 Å². The molecule has 0 spiro atoms. The molecule has 0 aromatic carbocycles. The van der Waals surface area contributed by atoms with Gasteiger partial charge in [0.1, 0.15) is 0 Å². The van der Waals surface area contributed by atoms with E-state index in [1.807, 2.05) is 0 Å². The van der Waals surface area contributed by atoms with Crippen LogP contribution >= 0.6 is 0 Å². The zero-order valence-electron chi connectivity index (χ0n) is 34.7. The van der Waals surface area contributed by atoms with E-state index in [1.165, 1.54) is 135 Å². The van der Waals surface area contributed by atoms with Gasteiger partial charge in [-0.05, 0) is 12.8 Å². The fraction of sp³-hybridized carbons (Fsp3) is 1.00. The highest BCUT2D eigenvalue weighted by Crippen LogP contribution is 2.13. The van der Waals surface area contributed by atoms with Crippen molar-refractivity contribution in [3.8, 4) is 0 Å². The largest absolute Gasteiger partial charge is 0.379 e. The highest BCUT2D eigenvalue weighted by molar-refractivity contribution is 4.50. The van der Waals surface area contributed by atoms with Gasteiger partial charge in [0.2, 0.25) is 0 Å². The maximum absolute atomic E-state index is 5.68. The van der Waals surface area contributed by atoms with Crippen LogP contribution in [0.5, 0.6) is 0 Å². The molecule has 0 aliphatic heterocycles. The first kappa shape index (κ1) is 51.6. The molecule has 0 aromatic rings. The van der Waals surface area contributed by atoms with Crippen molar-refractivity contribution in [2.75, 3.05) is 119 Å². The number of ether oxygens (including phenoxy) is 9. The molecule has 0 rings (SSSR count). The summed E-state index contributed by atoms with van der Waals surface area (Å²) in [6.45, 7) is 15.5. The molecule has 0 aliphatic carbocycles. The molecule has 0 heterocycles. The molecule has 9 nitrogen and oxygen atoms in total. The van der Waals surface area contributed by atoms with E-state index in [0.717, 1.165) is 26.1 Å². The maximum Gasteiger partial charge on any atom is 0.0701 e. The van der Waals surface area contributed by atoms with Gasteiger partial charge in [0.25, 0.3) is 0 Å². The molecule has 0 atom stereocenters. The first-order valence-corrected chi connectivity index (χ1v) is 22.1. The first-order chi connectivity index (χ1) is 25.9. The topological polar surface area (TPSA) is 83.1 Å². The number of unbranched alkanes of at least 4 members (excludes halogenated alkanes) is 21. The molecule has 0 fully saturated rings. The molecular formula is C43H88O9.